The van der Waals surface area contributed by atoms with Crippen LogP contribution in [-0.2, 0) is 9.53 Å². The third kappa shape index (κ3) is 2.84. The minimum Gasteiger partial charge on any atom is -0.464 e. The van der Waals surface area contributed by atoms with Crippen LogP contribution >= 0.6 is 0 Å². The number of unbranched alkanes of at least 4 members (excludes halogenated alkanes) is 4. The fraction of sp³-hybridized carbons (Fsp3) is 0.900. The number of carbonyl (C=O) groups is 1. The summed E-state index contributed by atoms with van der Waals surface area (Å²) < 4.78 is 4.68. The van der Waals surface area contributed by atoms with Crippen LogP contribution in [0.15, 0.2) is 0 Å². The van der Waals surface area contributed by atoms with Gasteiger partial charge < -0.3 is 4.74 Å². The van der Waals surface area contributed by atoms with Crippen molar-refractivity contribution >= 4 is 5.97 Å². The van der Waals surface area contributed by atoms with E-state index in [1.165, 1.54) is 32.1 Å². The molecule has 1 aliphatic heterocycles. The van der Waals surface area contributed by atoms with Crippen molar-refractivity contribution in [3.63, 3.8) is 0 Å². The fourth-order valence-corrected chi connectivity index (χ4v) is 1.46. The van der Waals surface area contributed by atoms with E-state index < -0.39 is 0 Å². The van der Waals surface area contributed by atoms with Crippen LogP contribution in [0.3, 0.4) is 0 Å². The van der Waals surface area contributed by atoms with Crippen LogP contribution in [0.1, 0.15) is 45.4 Å². The summed E-state index contributed by atoms with van der Waals surface area (Å²) in [4.78, 5) is 10.7. The first kappa shape index (κ1) is 9.56. The maximum Gasteiger partial charge on any atom is 0.312 e. The molecule has 0 saturated carbocycles. The molecule has 0 aromatic carbocycles. The Labute approximate surface area is 74.3 Å². The van der Waals surface area contributed by atoms with E-state index in [0.717, 1.165) is 6.42 Å². The van der Waals surface area contributed by atoms with Gasteiger partial charge in [0, 0.05) is 0 Å². The Bertz CT molecular complexity index is 143. The molecule has 0 spiro atoms. The molecule has 0 radical (unpaired) electrons. The molecular formula is C10H18O2. The lowest BCUT2D eigenvalue weighted by atomic mass is 9.98. The molecule has 1 rings (SSSR count). The second kappa shape index (κ2) is 5.18. The zero-order chi connectivity index (χ0) is 8.81. The Balaban J connectivity index is 1.85. The maximum absolute atomic E-state index is 10.7. The molecule has 1 fully saturated rings. The quantitative estimate of drug-likeness (QED) is 0.452. The lowest BCUT2D eigenvalue weighted by Crippen LogP contribution is -2.34. The summed E-state index contributed by atoms with van der Waals surface area (Å²) in [5, 5.41) is 0. The number of hydrogen-bond acceptors (Lipinski definition) is 2. The summed E-state index contributed by atoms with van der Waals surface area (Å²) >= 11 is 0. The van der Waals surface area contributed by atoms with Crippen molar-refractivity contribution in [1.29, 1.82) is 0 Å². The number of cyclic esters (lactones) is 1. The van der Waals surface area contributed by atoms with Crippen molar-refractivity contribution in [1.82, 2.24) is 0 Å². The number of ether oxygens (including phenoxy) is 1. The van der Waals surface area contributed by atoms with Crippen LogP contribution < -0.4 is 0 Å². The van der Waals surface area contributed by atoms with E-state index in [9.17, 15) is 4.79 Å². The zero-order valence-corrected chi connectivity index (χ0v) is 7.84. The average molecular weight is 170 g/mol. The second-order valence-corrected chi connectivity index (χ2v) is 3.53. The summed E-state index contributed by atoms with van der Waals surface area (Å²) in [6, 6.07) is 0. The Kier molecular flexibility index (Phi) is 4.12. The zero-order valence-electron chi connectivity index (χ0n) is 7.84. The highest BCUT2D eigenvalue weighted by atomic mass is 16.6. The van der Waals surface area contributed by atoms with Gasteiger partial charge in [-0.05, 0) is 6.42 Å². The summed E-state index contributed by atoms with van der Waals surface area (Å²) in [5.74, 6) is 0.261. The number of carbonyl (C=O) groups excluding carboxylic acids is 1. The lowest BCUT2D eigenvalue weighted by Gasteiger charge is -2.23. The number of esters is 1. The van der Waals surface area contributed by atoms with Crippen molar-refractivity contribution in [3.8, 4) is 0 Å². The van der Waals surface area contributed by atoms with Gasteiger partial charge >= 0.3 is 5.97 Å². The summed E-state index contributed by atoms with van der Waals surface area (Å²) in [6.45, 7) is 2.88. The molecule has 2 heteroatoms. The predicted octanol–water partition coefficient (Wildman–Crippen LogP) is 2.52. The minimum absolute atomic E-state index is 0.0190. The molecule has 0 aromatic rings. The van der Waals surface area contributed by atoms with Crippen molar-refractivity contribution in [2.24, 2.45) is 5.92 Å². The van der Waals surface area contributed by atoms with Gasteiger partial charge in [-0.2, -0.15) is 0 Å². The average Bonchev–Trinajstić information content (AvgIpc) is 2.08. The highest BCUT2D eigenvalue weighted by molar-refractivity contribution is 5.77. The Morgan fingerprint density at radius 2 is 2.08 bits per heavy atom. The highest BCUT2D eigenvalue weighted by Crippen LogP contribution is 2.19. The van der Waals surface area contributed by atoms with Crippen LogP contribution in [0.5, 0.6) is 0 Å². The predicted molar refractivity (Wildman–Crippen MR) is 47.8 cm³/mol. The molecule has 0 bridgehead atoms. The first-order valence-electron chi connectivity index (χ1n) is 5.01. The van der Waals surface area contributed by atoms with Crippen LogP contribution in [0.2, 0.25) is 0 Å². The highest BCUT2D eigenvalue weighted by Gasteiger charge is 2.29. The topological polar surface area (TPSA) is 26.3 Å². The molecular weight excluding hydrogens is 152 g/mol. The molecule has 0 aliphatic carbocycles. The first-order chi connectivity index (χ1) is 5.84. The van der Waals surface area contributed by atoms with E-state index in [-0.39, 0.29) is 11.9 Å². The summed E-state index contributed by atoms with van der Waals surface area (Å²) in [6.07, 6.45) is 7.44. The van der Waals surface area contributed by atoms with E-state index in [4.69, 9.17) is 0 Å². The molecule has 1 saturated heterocycles. The van der Waals surface area contributed by atoms with Crippen LogP contribution in [0.4, 0.5) is 0 Å². The monoisotopic (exact) mass is 170 g/mol. The molecule has 1 aliphatic rings. The number of rotatable bonds is 6. The van der Waals surface area contributed by atoms with Gasteiger partial charge in [-0.1, -0.05) is 39.0 Å². The fourth-order valence-electron chi connectivity index (χ4n) is 1.46. The van der Waals surface area contributed by atoms with Crippen molar-refractivity contribution in [2.45, 2.75) is 45.4 Å². The molecule has 1 atom stereocenters. The van der Waals surface area contributed by atoms with Gasteiger partial charge in [0.1, 0.15) is 6.61 Å². The van der Waals surface area contributed by atoms with E-state index in [2.05, 4.69) is 11.7 Å². The Hall–Kier alpha value is -0.530. The van der Waals surface area contributed by atoms with E-state index >= 15 is 0 Å². The molecule has 2 nitrogen and oxygen atoms in total. The summed E-state index contributed by atoms with van der Waals surface area (Å²) in [7, 11) is 0. The van der Waals surface area contributed by atoms with Crippen LogP contribution in [0, 0.1) is 5.92 Å². The van der Waals surface area contributed by atoms with Gasteiger partial charge in [-0.15, -0.1) is 0 Å². The number of hydrogen-bond donors (Lipinski definition) is 0. The molecule has 0 amide bonds. The van der Waals surface area contributed by atoms with Crippen molar-refractivity contribution in [3.05, 3.63) is 0 Å². The Morgan fingerprint density at radius 1 is 1.33 bits per heavy atom. The van der Waals surface area contributed by atoms with Crippen LogP contribution in [0.25, 0.3) is 0 Å². The maximum atomic E-state index is 10.7. The van der Waals surface area contributed by atoms with E-state index in [1.807, 2.05) is 0 Å². The summed E-state index contributed by atoms with van der Waals surface area (Å²) in [5.41, 5.74) is 0. The third-order valence-electron chi connectivity index (χ3n) is 2.42. The van der Waals surface area contributed by atoms with Gasteiger partial charge in [0.05, 0.1) is 5.92 Å². The molecule has 1 unspecified atom stereocenters. The normalized spacial score (nSPS) is 21.8. The largest absolute Gasteiger partial charge is 0.464 e. The van der Waals surface area contributed by atoms with Gasteiger partial charge in [-0.25, -0.2) is 0 Å². The van der Waals surface area contributed by atoms with E-state index in [1.54, 1.807) is 0 Å². The molecule has 12 heavy (non-hydrogen) atoms. The Morgan fingerprint density at radius 3 is 2.58 bits per heavy atom. The van der Waals surface area contributed by atoms with Crippen LogP contribution in [-0.4, -0.2) is 12.6 Å². The third-order valence-corrected chi connectivity index (χ3v) is 2.42. The molecule has 0 aromatic heterocycles. The standard InChI is InChI=1S/C10H18O2/c1-2-3-4-5-6-7-9-8-12-10(9)11/h9H,2-8H2,1H3. The van der Waals surface area contributed by atoms with Gasteiger partial charge in [-0.3, -0.25) is 4.79 Å². The van der Waals surface area contributed by atoms with Gasteiger partial charge in [0.2, 0.25) is 0 Å². The SMILES string of the molecule is CCCCCCCC1COC1=O. The lowest BCUT2D eigenvalue weighted by molar-refractivity contribution is -0.169. The molecule has 70 valence electrons. The first-order valence-corrected chi connectivity index (χ1v) is 5.01. The molecule has 1 heterocycles. The van der Waals surface area contributed by atoms with Gasteiger partial charge in [0.15, 0.2) is 0 Å². The minimum atomic E-state index is 0.0190. The van der Waals surface area contributed by atoms with Crippen molar-refractivity contribution in [2.75, 3.05) is 6.61 Å². The molecule has 0 N–H and O–H groups in total. The van der Waals surface area contributed by atoms with Gasteiger partial charge in [0.25, 0.3) is 0 Å². The van der Waals surface area contributed by atoms with Crippen molar-refractivity contribution < 1.29 is 9.53 Å². The smallest absolute Gasteiger partial charge is 0.312 e. The van der Waals surface area contributed by atoms with E-state index in [0.29, 0.717) is 6.61 Å². The second-order valence-electron chi connectivity index (χ2n) is 3.53.